The lowest BCUT2D eigenvalue weighted by Crippen LogP contribution is -2.15. The lowest BCUT2D eigenvalue weighted by Gasteiger charge is -2.15. The van der Waals surface area contributed by atoms with Crippen LogP contribution < -0.4 is 29.1 Å². The van der Waals surface area contributed by atoms with Gasteiger partial charge in [0.05, 0.1) is 0 Å². The standard InChI is InChI=1S/C25H22O12/c1-12(26)33-18-7-6-16(8-19(18)34-13(2)27)24-25(36-15(4)29)23(30)22-20(35-14(3)28)9-17(32-11-31-5)10-21(22)37-24/h6-10H,11H2,1-5H3. The number of fused-ring (bicyclic) bond motifs is 1. The van der Waals surface area contributed by atoms with Gasteiger partial charge in [0.25, 0.3) is 0 Å². The molecule has 0 spiro atoms. The van der Waals surface area contributed by atoms with Gasteiger partial charge in [-0.1, -0.05) is 0 Å². The molecule has 1 heterocycles. The second-order valence-corrected chi connectivity index (χ2v) is 7.47. The van der Waals surface area contributed by atoms with Gasteiger partial charge in [-0.15, -0.1) is 0 Å². The summed E-state index contributed by atoms with van der Waals surface area (Å²) in [4.78, 5) is 60.1. The third-order valence-electron chi connectivity index (χ3n) is 4.45. The average molecular weight is 514 g/mol. The molecule has 0 bridgehead atoms. The van der Waals surface area contributed by atoms with Gasteiger partial charge in [0.1, 0.15) is 22.5 Å². The van der Waals surface area contributed by atoms with Crippen molar-refractivity contribution in [1.29, 1.82) is 0 Å². The average Bonchev–Trinajstić information content (AvgIpc) is 2.79. The van der Waals surface area contributed by atoms with Crippen LogP contribution in [-0.2, 0) is 23.9 Å². The van der Waals surface area contributed by atoms with Gasteiger partial charge in [-0.3, -0.25) is 24.0 Å². The molecule has 194 valence electrons. The highest BCUT2D eigenvalue weighted by Crippen LogP contribution is 2.39. The third kappa shape index (κ3) is 6.49. The van der Waals surface area contributed by atoms with Gasteiger partial charge < -0.3 is 32.8 Å². The van der Waals surface area contributed by atoms with Gasteiger partial charge >= 0.3 is 23.9 Å². The van der Waals surface area contributed by atoms with Gasteiger partial charge in [0.15, 0.2) is 24.1 Å². The molecule has 0 saturated heterocycles. The summed E-state index contributed by atoms with van der Waals surface area (Å²) < 4.78 is 36.8. The first-order chi connectivity index (χ1) is 17.5. The van der Waals surface area contributed by atoms with Gasteiger partial charge in [0.2, 0.25) is 11.2 Å². The Balaban J connectivity index is 2.35. The van der Waals surface area contributed by atoms with Crippen LogP contribution in [0.2, 0.25) is 0 Å². The predicted octanol–water partition coefficient (Wildman–Crippen LogP) is 3.14. The molecule has 0 N–H and O–H groups in total. The van der Waals surface area contributed by atoms with Gasteiger partial charge in [-0.25, -0.2) is 0 Å². The van der Waals surface area contributed by atoms with E-state index in [0.717, 1.165) is 27.7 Å². The lowest BCUT2D eigenvalue weighted by molar-refractivity contribution is -0.134. The Hall–Kier alpha value is -4.71. The fourth-order valence-corrected chi connectivity index (χ4v) is 3.24. The maximum absolute atomic E-state index is 13.5. The van der Waals surface area contributed by atoms with E-state index in [1.165, 1.54) is 37.4 Å². The van der Waals surface area contributed by atoms with Crippen LogP contribution in [0.1, 0.15) is 27.7 Å². The molecule has 0 aliphatic carbocycles. The smallest absolute Gasteiger partial charge is 0.308 e. The summed E-state index contributed by atoms with van der Waals surface area (Å²) in [7, 11) is 1.40. The minimum Gasteiger partial charge on any atom is -0.467 e. The SMILES string of the molecule is COCOc1cc(OC(C)=O)c2c(=O)c(OC(C)=O)c(-c3ccc(OC(C)=O)c(OC(C)=O)c3)oc2c1. The summed E-state index contributed by atoms with van der Waals surface area (Å²) in [6, 6.07) is 6.59. The Morgan fingerprint density at radius 3 is 1.95 bits per heavy atom. The molecule has 0 saturated carbocycles. The molecule has 0 atom stereocenters. The maximum Gasteiger partial charge on any atom is 0.308 e. The van der Waals surface area contributed by atoms with Crippen molar-refractivity contribution in [2.45, 2.75) is 27.7 Å². The number of hydrogen-bond donors (Lipinski definition) is 0. The van der Waals surface area contributed by atoms with E-state index >= 15 is 0 Å². The van der Waals surface area contributed by atoms with E-state index in [4.69, 9.17) is 32.8 Å². The number of hydrogen-bond acceptors (Lipinski definition) is 12. The van der Waals surface area contributed by atoms with E-state index in [2.05, 4.69) is 0 Å². The number of carbonyl (C=O) groups is 4. The van der Waals surface area contributed by atoms with Crippen LogP contribution in [0, 0.1) is 0 Å². The van der Waals surface area contributed by atoms with Crippen molar-refractivity contribution in [3.05, 3.63) is 40.6 Å². The number of methoxy groups -OCH3 is 1. The Morgan fingerprint density at radius 2 is 1.35 bits per heavy atom. The number of ether oxygens (including phenoxy) is 6. The van der Waals surface area contributed by atoms with Gasteiger partial charge in [-0.05, 0) is 18.2 Å². The van der Waals surface area contributed by atoms with Crippen LogP contribution in [0.4, 0.5) is 0 Å². The molecule has 3 rings (SSSR count). The van der Waals surface area contributed by atoms with Crippen LogP contribution >= 0.6 is 0 Å². The molecular formula is C25H22O12. The van der Waals surface area contributed by atoms with Crippen LogP contribution in [0.3, 0.4) is 0 Å². The highest BCUT2D eigenvalue weighted by Gasteiger charge is 2.25. The number of carbonyl (C=O) groups excluding carboxylic acids is 4. The van der Waals surface area contributed by atoms with Crippen molar-refractivity contribution < 1.29 is 52.0 Å². The molecule has 1 aromatic heterocycles. The Kier molecular flexibility index (Phi) is 8.25. The first kappa shape index (κ1) is 26.9. The second kappa shape index (κ2) is 11.4. The van der Waals surface area contributed by atoms with E-state index in [9.17, 15) is 24.0 Å². The summed E-state index contributed by atoms with van der Waals surface area (Å²) in [6.45, 7) is 4.37. The number of esters is 4. The molecule has 0 fully saturated rings. The zero-order valence-electron chi connectivity index (χ0n) is 20.5. The molecule has 0 amide bonds. The van der Waals surface area contributed by atoms with Crippen LogP contribution in [0.25, 0.3) is 22.3 Å². The van der Waals surface area contributed by atoms with Crippen molar-refractivity contribution in [3.8, 4) is 40.1 Å². The summed E-state index contributed by atoms with van der Waals surface area (Å²) in [5.74, 6) is -3.97. The van der Waals surface area contributed by atoms with Crippen molar-refractivity contribution in [2.75, 3.05) is 13.9 Å². The second-order valence-electron chi connectivity index (χ2n) is 7.47. The van der Waals surface area contributed by atoms with Crippen molar-refractivity contribution >= 4 is 34.8 Å². The van der Waals surface area contributed by atoms with Crippen molar-refractivity contribution in [3.63, 3.8) is 0 Å². The third-order valence-corrected chi connectivity index (χ3v) is 4.45. The molecule has 12 nitrogen and oxygen atoms in total. The molecule has 0 aliphatic rings. The Labute approximate surface area is 209 Å². The topological polar surface area (TPSA) is 154 Å². The van der Waals surface area contributed by atoms with Gasteiger partial charge in [0, 0.05) is 52.5 Å². The summed E-state index contributed by atoms with van der Waals surface area (Å²) in [6.07, 6.45) is 0. The lowest BCUT2D eigenvalue weighted by atomic mass is 10.1. The van der Waals surface area contributed by atoms with E-state index in [1.54, 1.807) is 0 Å². The van der Waals surface area contributed by atoms with E-state index in [0.29, 0.717) is 0 Å². The zero-order valence-corrected chi connectivity index (χ0v) is 20.5. The number of rotatable bonds is 8. The van der Waals surface area contributed by atoms with Crippen LogP contribution in [0.5, 0.6) is 28.7 Å². The largest absolute Gasteiger partial charge is 0.467 e. The molecule has 37 heavy (non-hydrogen) atoms. The van der Waals surface area contributed by atoms with E-state index in [-0.39, 0.29) is 52.1 Å². The fourth-order valence-electron chi connectivity index (χ4n) is 3.24. The highest BCUT2D eigenvalue weighted by molar-refractivity contribution is 5.91. The maximum atomic E-state index is 13.5. The molecule has 3 aromatic rings. The zero-order chi connectivity index (χ0) is 27.3. The van der Waals surface area contributed by atoms with Crippen LogP contribution in [0.15, 0.2) is 39.5 Å². The minimum absolute atomic E-state index is 0.0731. The summed E-state index contributed by atoms with van der Waals surface area (Å²) in [5.41, 5.74) is -0.794. The molecule has 0 aliphatic heterocycles. The normalized spacial score (nSPS) is 10.5. The molecule has 0 radical (unpaired) electrons. The minimum atomic E-state index is -0.835. The monoisotopic (exact) mass is 514 g/mol. The molecule has 0 unspecified atom stereocenters. The quantitative estimate of drug-likeness (QED) is 0.246. The Bertz CT molecular complexity index is 1450. The summed E-state index contributed by atoms with van der Waals surface area (Å²) >= 11 is 0. The van der Waals surface area contributed by atoms with E-state index < -0.39 is 35.1 Å². The molecular weight excluding hydrogens is 492 g/mol. The first-order valence-electron chi connectivity index (χ1n) is 10.6. The van der Waals surface area contributed by atoms with Crippen molar-refractivity contribution in [1.82, 2.24) is 0 Å². The molecule has 2 aromatic carbocycles. The summed E-state index contributed by atoms with van der Waals surface area (Å²) in [5, 5.41) is -0.197. The van der Waals surface area contributed by atoms with E-state index in [1.807, 2.05) is 0 Å². The van der Waals surface area contributed by atoms with Crippen molar-refractivity contribution in [2.24, 2.45) is 0 Å². The highest BCUT2D eigenvalue weighted by atomic mass is 16.7. The fraction of sp³-hybridized carbons (Fsp3) is 0.240. The van der Waals surface area contributed by atoms with Gasteiger partial charge in [-0.2, -0.15) is 0 Å². The number of benzene rings is 2. The van der Waals surface area contributed by atoms with Crippen LogP contribution in [-0.4, -0.2) is 37.8 Å². The molecule has 12 heteroatoms. The first-order valence-corrected chi connectivity index (χ1v) is 10.6. The predicted molar refractivity (Wildman–Crippen MR) is 126 cm³/mol. The Morgan fingerprint density at radius 1 is 0.757 bits per heavy atom.